The van der Waals surface area contributed by atoms with Crippen LogP contribution in [-0.2, 0) is 14.6 Å². The quantitative estimate of drug-likeness (QED) is 0.775. The highest BCUT2D eigenvalue weighted by molar-refractivity contribution is 7.91. The highest BCUT2D eigenvalue weighted by Crippen LogP contribution is 2.38. The normalized spacial score (nSPS) is 24.2. The molecule has 0 atom stereocenters. The van der Waals surface area contributed by atoms with E-state index in [0.717, 1.165) is 31.7 Å². The molecule has 1 spiro atoms. The van der Waals surface area contributed by atoms with Crippen molar-refractivity contribution in [3.05, 3.63) is 24.3 Å². The first-order chi connectivity index (χ1) is 12.4. The highest BCUT2D eigenvalue weighted by Gasteiger charge is 2.42. The van der Waals surface area contributed by atoms with E-state index in [4.69, 9.17) is 9.47 Å². The van der Waals surface area contributed by atoms with E-state index < -0.39 is 9.84 Å². The number of piperidine rings is 1. The van der Waals surface area contributed by atoms with Gasteiger partial charge in [-0.15, -0.1) is 0 Å². The number of sulfone groups is 1. The van der Waals surface area contributed by atoms with Crippen LogP contribution in [0.25, 0.3) is 0 Å². The smallest absolute Gasteiger partial charge is 0.410 e. The van der Waals surface area contributed by atoms with Crippen LogP contribution in [0.3, 0.4) is 0 Å². The van der Waals surface area contributed by atoms with Crippen molar-refractivity contribution in [2.45, 2.75) is 12.8 Å². The molecule has 1 amide bonds. The molecule has 3 saturated heterocycles. The van der Waals surface area contributed by atoms with Crippen molar-refractivity contribution in [3.8, 4) is 5.75 Å². The summed E-state index contributed by atoms with van der Waals surface area (Å²) in [6, 6.07) is 7.31. The molecule has 1 aromatic rings. The van der Waals surface area contributed by atoms with Gasteiger partial charge in [0.15, 0.2) is 9.84 Å². The van der Waals surface area contributed by atoms with E-state index in [1.165, 1.54) is 0 Å². The van der Waals surface area contributed by atoms with Crippen LogP contribution in [0.4, 0.5) is 10.5 Å². The van der Waals surface area contributed by atoms with E-state index in [-0.39, 0.29) is 23.0 Å². The van der Waals surface area contributed by atoms with Gasteiger partial charge in [-0.25, -0.2) is 13.2 Å². The predicted molar refractivity (Wildman–Crippen MR) is 97.4 cm³/mol. The third-order valence-corrected chi connectivity index (χ3v) is 7.24. The number of amides is 1. The van der Waals surface area contributed by atoms with Crippen LogP contribution in [0.1, 0.15) is 12.8 Å². The second-order valence-electron chi connectivity index (χ2n) is 7.48. The maximum atomic E-state index is 12.4. The number of hydrogen-bond acceptors (Lipinski definition) is 6. The number of ether oxygens (including phenoxy) is 2. The summed E-state index contributed by atoms with van der Waals surface area (Å²) in [5, 5.41) is 0. The molecule has 8 heteroatoms. The summed E-state index contributed by atoms with van der Waals surface area (Å²) in [5.41, 5.74) is 1.17. The maximum absolute atomic E-state index is 12.4. The molecule has 3 aliphatic heterocycles. The first kappa shape index (κ1) is 17.6. The maximum Gasteiger partial charge on any atom is 0.415 e. The Morgan fingerprint density at radius 2 is 1.77 bits per heavy atom. The van der Waals surface area contributed by atoms with Gasteiger partial charge in [-0.05, 0) is 25.0 Å². The number of hydrogen-bond donors (Lipinski definition) is 0. The lowest BCUT2D eigenvalue weighted by Crippen LogP contribution is -2.52. The molecule has 26 heavy (non-hydrogen) atoms. The van der Waals surface area contributed by atoms with Crippen molar-refractivity contribution < 1.29 is 22.7 Å². The lowest BCUT2D eigenvalue weighted by Gasteiger charge is -2.46. The Kier molecular flexibility index (Phi) is 4.56. The molecule has 142 valence electrons. The number of carbonyl (C=O) groups excluding carboxylic acids is 1. The van der Waals surface area contributed by atoms with Crippen molar-refractivity contribution in [1.82, 2.24) is 4.90 Å². The molecular formula is C18H24N2O5S. The molecule has 0 bridgehead atoms. The molecule has 7 nitrogen and oxygen atoms in total. The topological polar surface area (TPSA) is 76.2 Å². The van der Waals surface area contributed by atoms with E-state index in [1.807, 2.05) is 17.0 Å². The predicted octanol–water partition coefficient (Wildman–Crippen LogP) is 1.53. The average molecular weight is 380 g/mol. The zero-order chi connectivity index (χ0) is 18.2. The Hall–Kier alpha value is -1.80. The summed E-state index contributed by atoms with van der Waals surface area (Å²) >= 11 is 0. The summed E-state index contributed by atoms with van der Waals surface area (Å²) in [5.74, 6) is 0.820. The zero-order valence-corrected chi connectivity index (χ0v) is 15.5. The van der Waals surface area contributed by atoms with Gasteiger partial charge in [-0.1, -0.05) is 6.07 Å². The standard InChI is InChI=1S/C18H24N2O5S/c21-17(20-6-4-18(5-7-20)13-24-14-18)25-16-3-1-2-15(12-16)19-8-10-26(22,23)11-9-19/h1-3,12H,4-11,13-14H2. The van der Waals surface area contributed by atoms with Crippen molar-refractivity contribution in [2.24, 2.45) is 5.41 Å². The van der Waals surface area contributed by atoms with Gasteiger partial charge in [0.2, 0.25) is 0 Å². The number of benzene rings is 1. The van der Waals surface area contributed by atoms with Crippen molar-refractivity contribution >= 4 is 21.6 Å². The fourth-order valence-corrected chi connectivity index (χ4v) is 4.92. The van der Waals surface area contributed by atoms with Gasteiger partial charge < -0.3 is 19.3 Å². The molecule has 0 saturated carbocycles. The molecule has 3 heterocycles. The van der Waals surface area contributed by atoms with Crippen molar-refractivity contribution in [3.63, 3.8) is 0 Å². The SMILES string of the molecule is O=C(Oc1cccc(N2CCS(=O)(=O)CC2)c1)N1CCC2(CC1)COC2. The number of likely N-dealkylation sites (tertiary alicyclic amines) is 1. The summed E-state index contributed by atoms with van der Waals surface area (Å²) in [7, 11) is -2.92. The van der Waals surface area contributed by atoms with Crippen molar-refractivity contribution in [2.75, 3.05) is 55.8 Å². The molecule has 3 aliphatic rings. The second-order valence-corrected chi connectivity index (χ2v) is 9.79. The summed E-state index contributed by atoms with van der Waals surface area (Å²) in [6.07, 6.45) is 1.60. The van der Waals surface area contributed by atoms with E-state index in [0.29, 0.717) is 31.9 Å². The fraction of sp³-hybridized carbons (Fsp3) is 0.611. The zero-order valence-electron chi connectivity index (χ0n) is 14.7. The van der Waals surface area contributed by atoms with Crippen LogP contribution in [0, 0.1) is 5.41 Å². The first-order valence-electron chi connectivity index (χ1n) is 9.05. The lowest BCUT2D eigenvalue weighted by atomic mass is 9.77. The number of nitrogens with zero attached hydrogens (tertiary/aromatic N) is 2. The molecule has 0 aliphatic carbocycles. The van der Waals surface area contributed by atoms with Gasteiger partial charge >= 0.3 is 6.09 Å². The Balaban J connectivity index is 1.35. The van der Waals surface area contributed by atoms with Crippen LogP contribution in [0.5, 0.6) is 5.75 Å². The summed E-state index contributed by atoms with van der Waals surface area (Å²) < 4.78 is 34.0. The Morgan fingerprint density at radius 1 is 1.08 bits per heavy atom. The van der Waals surface area contributed by atoms with Crippen LogP contribution < -0.4 is 9.64 Å². The van der Waals surface area contributed by atoms with E-state index in [2.05, 4.69) is 0 Å². The largest absolute Gasteiger partial charge is 0.415 e. The van der Waals surface area contributed by atoms with Crippen LogP contribution in [0.15, 0.2) is 24.3 Å². The van der Waals surface area contributed by atoms with Gasteiger partial charge in [0, 0.05) is 43.3 Å². The van der Waals surface area contributed by atoms with Gasteiger partial charge in [0.05, 0.1) is 24.7 Å². The minimum Gasteiger partial charge on any atom is -0.410 e. The average Bonchev–Trinajstić information content (AvgIpc) is 2.61. The lowest BCUT2D eigenvalue weighted by molar-refractivity contribution is -0.136. The Morgan fingerprint density at radius 3 is 2.38 bits per heavy atom. The number of anilines is 1. The molecule has 0 aromatic heterocycles. The summed E-state index contributed by atoms with van der Waals surface area (Å²) in [6.45, 7) is 3.96. The molecule has 1 aromatic carbocycles. The van der Waals surface area contributed by atoms with Gasteiger partial charge in [0.25, 0.3) is 0 Å². The van der Waals surface area contributed by atoms with E-state index in [9.17, 15) is 13.2 Å². The van der Waals surface area contributed by atoms with Crippen molar-refractivity contribution in [1.29, 1.82) is 0 Å². The van der Waals surface area contributed by atoms with E-state index in [1.54, 1.807) is 17.0 Å². The molecule has 0 radical (unpaired) electrons. The molecular weight excluding hydrogens is 356 g/mol. The molecule has 3 fully saturated rings. The fourth-order valence-electron chi connectivity index (χ4n) is 3.72. The molecule has 0 N–H and O–H groups in total. The molecule has 4 rings (SSSR count). The first-order valence-corrected chi connectivity index (χ1v) is 10.9. The Bertz CT molecular complexity index is 767. The van der Waals surface area contributed by atoms with E-state index >= 15 is 0 Å². The minimum absolute atomic E-state index is 0.163. The van der Waals surface area contributed by atoms with Gasteiger partial charge in [-0.3, -0.25) is 0 Å². The second kappa shape index (κ2) is 6.74. The minimum atomic E-state index is -2.92. The monoisotopic (exact) mass is 380 g/mol. The van der Waals surface area contributed by atoms with Gasteiger partial charge in [0.1, 0.15) is 5.75 Å². The number of rotatable bonds is 2. The van der Waals surface area contributed by atoms with Crippen LogP contribution >= 0.6 is 0 Å². The third kappa shape index (κ3) is 3.66. The molecule has 0 unspecified atom stereocenters. The van der Waals surface area contributed by atoms with Gasteiger partial charge in [-0.2, -0.15) is 0 Å². The van der Waals surface area contributed by atoms with Crippen LogP contribution in [0.2, 0.25) is 0 Å². The number of carbonyl (C=O) groups is 1. The van der Waals surface area contributed by atoms with Crippen LogP contribution in [-0.4, -0.2) is 70.3 Å². The highest BCUT2D eigenvalue weighted by atomic mass is 32.2. The third-order valence-electron chi connectivity index (χ3n) is 5.63. The summed E-state index contributed by atoms with van der Waals surface area (Å²) in [4.78, 5) is 16.2. The Labute approximate surface area is 153 Å².